The van der Waals surface area contributed by atoms with E-state index in [1.54, 1.807) is 24.4 Å². The Morgan fingerprint density at radius 3 is 2.47 bits per heavy atom. The molecule has 0 saturated heterocycles. The fraction of sp³-hybridized carbons (Fsp3) is 0. The summed E-state index contributed by atoms with van der Waals surface area (Å²) in [5.74, 6) is 0.260. The van der Waals surface area contributed by atoms with Crippen LogP contribution in [0.15, 0.2) is 52.4 Å². The number of halogens is 1. The van der Waals surface area contributed by atoms with Crippen LogP contribution in [0.3, 0.4) is 0 Å². The fourth-order valence-electron chi connectivity index (χ4n) is 1.13. The van der Waals surface area contributed by atoms with Gasteiger partial charge in [0.25, 0.3) is 0 Å². The highest BCUT2D eigenvalue weighted by Gasteiger charge is 1.98. The first-order valence-corrected chi connectivity index (χ1v) is 5.20. The van der Waals surface area contributed by atoms with Gasteiger partial charge in [-0.2, -0.15) is 0 Å². The lowest BCUT2D eigenvalue weighted by molar-refractivity contribution is 0.626. The lowest BCUT2D eigenvalue weighted by atomic mass is 10.4. The monoisotopic (exact) mass is 220 g/mol. The average Bonchev–Trinajstić information content (AvgIpc) is 2.22. The van der Waals surface area contributed by atoms with Crippen molar-refractivity contribution in [2.75, 3.05) is 5.73 Å². The number of hydrogen-bond donors (Lipinski definition) is 1. The molecule has 0 spiro atoms. The van der Waals surface area contributed by atoms with Crippen molar-refractivity contribution >= 4 is 17.6 Å². The Bertz CT molecular complexity index is 456. The minimum Gasteiger partial charge on any atom is -0.384 e. The van der Waals surface area contributed by atoms with Crippen molar-refractivity contribution in [1.29, 1.82) is 0 Å². The predicted molar refractivity (Wildman–Crippen MR) is 59.2 cm³/mol. The van der Waals surface area contributed by atoms with Gasteiger partial charge >= 0.3 is 0 Å². The highest BCUT2D eigenvalue weighted by Crippen LogP contribution is 2.27. The van der Waals surface area contributed by atoms with Gasteiger partial charge in [-0.1, -0.05) is 11.8 Å². The Morgan fingerprint density at radius 1 is 1.07 bits per heavy atom. The van der Waals surface area contributed by atoms with Gasteiger partial charge in [-0.25, -0.2) is 9.37 Å². The summed E-state index contributed by atoms with van der Waals surface area (Å²) >= 11 is 1.52. The molecule has 2 N–H and O–H groups in total. The molecule has 0 unspecified atom stereocenters. The fourth-order valence-corrected chi connectivity index (χ4v) is 1.98. The van der Waals surface area contributed by atoms with Crippen molar-refractivity contribution in [3.63, 3.8) is 0 Å². The summed E-state index contributed by atoms with van der Waals surface area (Å²) in [7, 11) is 0. The Hall–Kier alpha value is -1.55. The molecule has 0 aliphatic rings. The largest absolute Gasteiger partial charge is 0.384 e. The van der Waals surface area contributed by atoms with E-state index in [9.17, 15) is 4.39 Å². The number of aromatic nitrogens is 1. The van der Waals surface area contributed by atoms with Crippen molar-refractivity contribution in [3.05, 3.63) is 48.4 Å². The number of benzene rings is 1. The highest BCUT2D eigenvalue weighted by molar-refractivity contribution is 7.99. The Labute approximate surface area is 91.3 Å². The van der Waals surface area contributed by atoms with Crippen LogP contribution in [0, 0.1) is 5.82 Å². The number of nitrogen functional groups attached to an aromatic ring is 1. The van der Waals surface area contributed by atoms with Crippen molar-refractivity contribution in [2.45, 2.75) is 9.79 Å². The Balaban J connectivity index is 2.18. The molecule has 1 heterocycles. The van der Waals surface area contributed by atoms with E-state index in [2.05, 4.69) is 4.98 Å². The summed E-state index contributed by atoms with van der Waals surface area (Å²) in [4.78, 5) is 5.87. The number of rotatable bonds is 2. The van der Waals surface area contributed by atoms with Crippen molar-refractivity contribution in [3.8, 4) is 0 Å². The summed E-state index contributed by atoms with van der Waals surface area (Å²) < 4.78 is 12.7. The second-order valence-electron chi connectivity index (χ2n) is 2.97. The van der Waals surface area contributed by atoms with Crippen LogP contribution in [0.2, 0.25) is 0 Å². The molecule has 0 bridgehead atoms. The molecule has 0 saturated carbocycles. The Morgan fingerprint density at radius 2 is 1.80 bits per heavy atom. The number of anilines is 1. The molecule has 0 radical (unpaired) electrons. The van der Waals surface area contributed by atoms with E-state index < -0.39 is 0 Å². The van der Waals surface area contributed by atoms with Crippen LogP contribution in [0.1, 0.15) is 0 Å². The van der Waals surface area contributed by atoms with Gasteiger partial charge in [-0.15, -0.1) is 0 Å². The molecular formula is C11H9FN2S. The minimum atomic E-state index is -0.228. The quantitative estimate of drug-likeness (QED) is 0.845. The van der Waals surface area contributed by atoms with Gasteiger partial charge in [0.1, 0.15) is 11.6 Å². The zero-order chi connectivity index (χ0) is 10.7. The smallest absolute Gasteiger partial charge is 0.124 e. The van der Waals surface area contributed by atoms with E-state index in [0.717, 1.165) is 9.79 Å². The number of nitrogens with two attached hydrogens (primary N) is 1. The van der Waals surface area contributed by atoms with Gasteiger partial charge in [0.2, 0.25) is 0 Å². The number of nitrogens with zero attached hydrogens (tertiary/aromatic N) is 1. The van der Waals surface area contributed by atoms with Crippen LogP contribution >= 0.6 is 11.8 Å². The SMILES string of the molecule is Nc1cc(Sc2ccc(F)cc2)ccn1. The summed E-state index contributed by atoms with van der Waals surface area (Å²) in [6.45, 7) is 0. The minimum absolute atomic E-state index is 0.228. The first-order valence-electron chi connectivity index (χ1n) is 4.39. The van der Waals surface area contributed by atoms with Crippen LogP contribution in [0.25, 0.3) is 0 Å². The molecule has 0 fully saturated rings. The average molecular weight is 220 g/mol. The summed E-state index contributed by atoms with van der Waals surface area (Å²) in [6, 6.07) is 9.99. The predicted octanol–water partition coefficient (Wildman–Crippen LogP) is 2.95. The molecule has 0 aliphatic heterocycles. The number of hydrogen-bond acceptors (Lipinski definition) is 3. The molecule has 1 aromatic heterocycles. The van der Waals surface area contributed by atoms with Gasteiger partial charge in [0, 0.05) is 16.0 Å². The van der Waals surface area contributed by atoms with E-state index >= 15 is 0 Å². The summed E-state index contributed by atoms with van der Waals surface area (Å²) in [5, 5.41) is 0. The van der Waals surface area contributed by atoms with Gasteiger partial charge in [-0.05, 0) is 36.4 Å². The molecule has 0 atom stereocenters. The molecule has 0 aliphatic carbocycles. The zero-order valence-corrected chi connectivity index (χ0v) is 8.67. The van der Waals surface area contributed by atoms with E-state index in [1.165, 1.54) is 23.9 Å². The first kappa shape index (κ1) is 9.98. The van der Waals surface area contributed by atoms with Crippen molar-refractivity contribution in [2.24, 2.45) is 0 Å². The van der Waals surface area contributed by atoms with E-state index in [0.29, 0.717) is 5.82 Å². The topological polar surface area (TPSA) is 38.9 Å². The van der Waals surface area contributed by atoms with Crippen LogP contribution < -0.4 is 5.73 Å². The maximum Gasteiger partial charge on any atom is 0.124 e. The second-order valence-corrected chi connectivity index (χ2v) is 4.12. The van der Waals surface area contributed by atoms with E-state index in [1.807, 2.05) is 6.07 Å². The lowest BCUT2D eigenvalue weighted by Gasteiger charge is -2.01. The third-order valence-electron chi connectivity index (χ3n) is 1.80. The molecule has 15 heavy (non-hydrogen) atoms. The zero-order valence-electron chi connectivity index (χ0n) is 7.85. The molecule has 2 rings (SSSR count). The normalized spacial score (nSPS) is 10.2. The molecule has 4 heteroatoms. The van der Waals surface area contributed by atoms with Crippen molar-refractivity contribution < 1.29 is 4.39 Å². The molecular weight excluding hydrogens is 211 g/mol. The third kappa shape index (κ3) is 2.70. The van der Waals surface area contributed by atoms with E-state index in [-0.39, 0.29) is 5.82 Å². The molecule has 76 valence electrons. The lowest BCUT2D eigenvalue weighted by Crippen LogP contribution is -1.88. The molecule has 2 aromatic rings. The van der Waals surface area contributed by atoms with Gasteiger partial charge in [0.05, 0.1) is 0 Å². The number of pyridine rings is 1. The van der Waals surface area contributed by atoms with Crippen LogP contribution in [-0.4, -0.2) is 4.98 Å². The highest BCUT2D eigenvalue weighted by atomic mass is 32.2. The molecule has 2 nitrogen and oxygen atoms in total. The summed E-state index contributed by atoms with van der Waals surface area (Å²) in [5.41, 5.74) is 5.55. The van der Waals surface area contributed by atoms with Crippen LogP contribution in [0.4, 0.5) is 10.2 Å². The molecule has 0 amide bonds. The van der Waals surface area contributed by atoms with E-state index in [4.69, 9.17) is 5.73 Å². The van der Waals surface area contributed by atoms with Gasteiger partial charge in [0.15, 0.2) is 0 Å². The molecule has 1 aromatic carbocycles. The van der Waals surface area contributed by atoms with Crippen LogP contribution in [0.5, 0.6) is 0 Å². The van der Waals surface area contributed by atoms with Gasteiger partial charge in [-0.3, -0.25) is 0 Å². The summed E-state index contributed by atoms with van der Waals surface area (Å²) in [6.07, 6.45) is 1.65. The third-order valence-corrected chi connectivity index (χ3v) is 2.80. The standard InChI is InChI=1S/C11H9FN2S/c12-8-1-3-9(4-2-8)15-10-5-6-14-11(13)7-10/h1-7H,(H2,13,14). The van der Waals surface area contributed by atoms with Crippen molar-refractivity contribution in [1.82, 2.24) is 4.98 Å². The first-order chi connectivity index (χ1) is 7.24. The maximum absolute atomic E-state index is 12.7. The maximum atomic E-state index is 12.7. The van der Waals surface area contributed by atoms with Crippen LogP contribution in [-0.2, 0) is 0 Å². The van der Waals surface area contributed by atoms with Gasteiger partial charge < -0.3 is 5.73 Å². The second kappa shape index (κ2) is 4.31. The Kier molecular flexibility index (Phi) is 2.87.